The number of nitrogens with two attached hydrogens (primary N) is 1. The molecule has 2 amide bonds. The molecule has 0 radical (unpaired) electrons. The number of carbonyl (C=O) groups is 4. The lowest BCUT2D eigenvalue weighted by Gasteiger charge is -2.69. The number of carboxylic acid groups (broad SMARTS) is 2. The number of nitrogens with one attached hydrogen (secondary N) is 2. The van der Waals surface area contributed by atoms with Crippen LogP contribution in [0.15, 0.2) is 79.0 Å². The molecular formula is C63H77N9O17S2. The van der Waals surface area contributed by atoms with E-state index in [1.54, 1.807) is 25.4 Å². The highest BCUT2D eigenvalue weighted by Gasteiger charge is 2.66. The number of fused-ring (bicyclic) bond motifs is 2. The summed E-state index contributed by atoms with van der Waals surface area (Å²) in [4.78, 5) is 65.1. The zero-order chi connectivity index (χ0) is 64.8. The number of carbonyl (C=O) groups excluding carboxylic acids is 2. The maximum absolute atomic E-state index is 13.8. The second kappa shape index (κ2) is 26.0. The Hall–Kier alpha value is -7.38. The lowest BCUT2D eigenvalue weighted by molar-refractivity contribution is -0.271. The minimum absolute atomic E-state index is 0.0149. The molecule has 5 heterocycles. The summed E-state index contributed by atoms with van der Waals surface area (Å²) in [5.74, 6) is -2.97. The summed E-state index contributed by atoms with van der Waals surface area (Å²) in [7, 11) is -2.65. The van der Waals surface area contributed by atoms with Crippen molar-refractivity contribution >= 4 is 66.6 Å². The number of aromatic nitrogens is 4. The summed E-state index contributed by atoms with van der Waals surface area (Å²) in [5, 5.41) is 62.8. The van der Waals surface area contributed by atoms with Crippen LogP contribution < -0.4 is 30.7 Å². The topological polar surface area (TPSA) is 370 Å². The highest BCUT2D eigenvalue weighted by atomic mass is 32.2. The van der Waals surface area contributed by atoms with Gasteiger partial charge in [-0.15, -0.1) is 0 Å². The normalized spacial score (nSPS) is 26.3. The van der Waals surface area contributed by atoms with E-state index < -0.39 is 76.3 Å². The van der Waals surface area contributed by atoms with Gasteiger partial charge in [-0.2, -0.15) is 13.5 Å². The van der Waals surface area contributed by atoms with Crippen molar-refractivity contribution in [3.05, 3.63) is 113 Å². The van der Waals surface area contributed by atoms with Crippen LogP contribution in [-0.4, -0.2) is 182 Å². The van der Waals surface area contributed by atoms with Crippen LogP contribution in [-0.2, 0) is 55.2 Å². The molecule has 4 bridgehead atoms. The molecule has 2 aliphatic heterocycles. The van der Waals surface area contributed by atoms with Crippen LogP contribution in [0.3, 0.4) is 0 Å². The van der Waals surface area contributed by atoms with E-state index in [1.807, 2.05) is 59.0 Å². The van der Waals surface area contributed by atoms with E-state index in [1.165, 1.54) is 34.4 Å². The molecule has 28 heteroatoms. The Kier molecular flexibility index (Phi) is 18.6. The molecule has 8 atom stereocenters. The van der Waals surface area contributed by atoms with Crippen LogP contribution in [0.25, 0.3) is 21.3 Å². The van der Waals surface area contributed by atoms with Gasteiger partial charge in [0, 0.05) is 79.8 Å². The van der Waals surface area contributed by atoms with Gasteiger partial charge in [-0.1, -0.05) is 49.4 Å². The molecule has 26 nitrogen and oxygen atoms in total. The number of hydrogen-bond acceptors (Lipinski definition) is 21. The lowest BCUT2D eigenvalue weighted by Crippen LogP contribution is -2.64. The van der Waals surface area contributed by atoms with Crippen LogP contribution in [0, 0.1) is 23.2 Å². The van der Waals surface area contributed by atoms with E-state index in [0.717, 1.165) is 65.6 Å². The number of aliphatic carboxylic acids is 1. The summed E-state index contributed by atoms with van der Waals surface area (Å²) >= 11 is 1.41. The first-order valence-electron chi connectivity index (χ1n) is 30.3. The zero-order valence-corrected chi connectivity index (χ0v) is 52.6. The number of aliphatic hydroxyl groups excluding tert-OH is 3. The number of anilines is 2. The number of benzene rings is 3. The lowest BCUT2D eigenvalue weighted by atomic mass is 9.39. The quantitative estimate of drug-likeness (QED) is 0.0248. The first kappa shape index (κ1) is 65.1. The van der Waals surface area contributed by atoms with E-state index >= 15 is 0 Å². The predicted octanol–water partition coefficient (Wildman–Crippen LogP) is 5.63. The molecule has 1 saturated heterocycles. The molecule has 10 N–H and O–H groups in total. The van der Waals surface area contributed by atoms with E-state index in [-0.39, 0.29) is 72.3 Å². The number of ether oxygens (including phenoxy) is 5. The standard InChI is InChI=1S/C63H77N9O17S2/c1-36-43(41-15-16-48(68-49(41)55(77)78)71-19-17-37-9-7-10-42(44(37)26-71)54(76)69-58-67-45-11-5-6-12-47(45)90-58)25-66-72(36)35-62-30-60(2)29-61(3,31-62)33-63(32-60,34-62)87-22-20-70(4)59(81)86-27-38-13-14-40(88-57-52(75)50(73)51(74)53(89-57)56(79)80)23-46(38)85-21-8-18-65-24-39(64)28-91(82,83)84/h5-7,9-16,23,25,39,50-53,57,65,73-75H,8,17-22,24,26-35,64H2,1-4H3,(H,77,78)(H,79,80)(H,67,69,76)(H,82,83,84)/t39-,50+,51+,52-,53+,57-,60?,61?,62?,63?/m1/s1. The molecule has 4 saturated carbocycles. The summed E-state index contributed by atoms with van der Waals surface area (Å²) in [5.41, 5.74) is 10.5. The van der Waals surface area contributed by atoms with Crippen molar-refractivity contribution in [1.29, 1.82) is 0 Å². The average molecular weight is 1300 g/mol. The van der Waals surface area contributed by atoms with Gasteiger partial charge >= 0.3 is 18.0 Å². The monoisotopic (exact) mass is 1300 g/mol. The van der Waals surface area contributed by atoms with Gasteiger partial charge in [0.2, 0.25) is 6.29 Å². The fourth-order valence-electron chi connectivity index (χ4n) is 15.3. The molecule has 4 aliphatic carbocycles. The number of para-hydroxylation sites is 1. The third-order valence-corrected chi connectivity index (χ3v) is 20.0. The number of hydrogen-bond donors (Lipinski definition) is 9. The number of likely N-dealkylation sites (N-methyl/N-ethyl adjacent to an activating group) is 1. The van der Waals surface area contributed by atoms with E-state index in [9.17, 15) is 53.1 Å². The fourth-order valence-corrected chi connectivity index (χ4v) is 16.8. The third kappa shape index (κ3) is 14.5. The van der Waals surface area contributed by atoms with Gasteiger partial charge in [0.1, 0.15) is 42.2 Å². The minimum Gasteiger partial charge on any atom is -0.493 e. The second-order valence-electron chi connectivity index (χ2n) is 26.0. The van der Waals surface area contributed by atoms with Gasteiger partial charge < -0.3 is 70.1 Å². The maximum Gasteiger partial charge on any atom is 0.409 e. The number of rotatable bonds is 25. The predicted molar refractivity (Wildman–Crippen MR) is 333 cm³/mol. The Morgan fingerprint density at radius 2 is 1.68 bits per heavy atom. The molecule has 91 heavy (non-hydrogen) atoms. The Morgan fingerprint density at radius 1 is 0.912 bits per heavy atom. The van der Waals surface area contributed by atoms with Crippen LogP contribution in [0.2, 0.25) is 0 Å². The largest absolute Gasteiger partial charge is 0.493 e. The van der Waals surface area contributed by atoms with Gasteiger partial charge in [-0.3, -0.25) is 19.3 Å². The van der Waals surface area contributed by atoms with Crippen molar-refractivity contribution in [3.8, 4) is 22.6 Å². The number of nitrogens with zero attached hydrogens (tertiary/aromatic N) is 6. The first-order chi connectivity index (χ1) is 43.2. The highest BCUT2D eigenvalue weighted by Crippen LogP contribution is 2.72. The van der Waals surface area contributed by atoms with Gasteiger partial charge in [-0.25, -0.2) is 24.4 Å². The Balaban J connectivity index is 0.724. The molecule has 0 spiro atoms. The number of aromatic carboxylic acids is 1. The van der Waals surface area contributed by atoms with Crippen molar-refractivity contribution in [2.45, 2.75) is 134 Å². The number of pyridine rings is 1. The van der Waals surface area contributed by atoms with Crippen LogP contribution in [0.5, 0.6) is 11.5 Å². The van der Waals surface area contributed by atoms with Crippen molar-refractivity contribution in [2.75, 3.05) is 62.4 Å². The Bertz CT molecular complexity index is 3790. The average Bonchev–Trinajstić information content (AvgIpc) is 1.10. The van der Waals surface area contributed by atoms with E-state index in [2.05, 4.69) is 29.5 Å². The van der Waals surface area contributed by atoms with Crippen LogP contribution >= 0.6 is 11.3 Å². The van der Waals surface area contributed by atoms with Gasteiger partial charge in [-0.05, 0) is 135 Å². The maximum atomic E-state index is 13.8. The molecular weight excluding hydrogens is 1220 g/mol. The van der Waals surface area contributed by atoms with Gasteiger partial charge in [0.05, 0.1) is 41.0 Å². The number of thiazole rings is 1. The Labute approximate surface area is 529 Å². The Morgan fingerprint density at radius 3 is 2.42 bits per heavy atom. The van der Waals surface area contributed by atoms with Gasteiger partial charge in [0.15, 0.2) is 16.9 Å². The molecule has 3 aromatic carbocycles. The third-order valence-electron chi connectivity index (χ3n) is 18.2. The highest BCUT2D eigenvalue weighted by molar-refractivity contribution is 7.85. The van der Waals surface area contributed by atoms with Crippen molar-refractivity contribution < 1.29 is 81.4 Å². The smallest absolute Gasteiger partial charge is 0.409 e. The first-order valence-corrected chi connectivity index (χ1v) is 32.7. The second-order valence-corrected chi connectivity index (χ2v) is 28.5. The van der Waals surface area contributed by atoms with Crippen molar-refractivity contribution in [3.63, 3.8) is 0 Å². The molecule has 3 aromatic heterocycles. The summed E-state index contributed by atoms with van der Waals surface area (Å²) in [6.45, 7) is 8.83. The molecule has 2 unspecified atom stereocenters. The molecule has 6 aliphatic rings. The minimum atomic E-state index is -4.26. The number of aliphatic hydroxyl groups is 3. The zero-order valence-electron chi connectivity index (χ0n) is 50.9. The molecule has 12 rings (SSSR count). The molecule has 488 valence electrons. The van der Waals surface area contributed by atoms with E-state index in [0.29, 0.717) is 72.2 Å². The fraction of sp³-hybridized carbons (Fsp3) is 0.508. The number of carboxylic acids is 2. The van der Waals surface area contributed by atoms with Crippen molar-refractivity contribution in [2.24, 2.45) is 22.0 Å². The summed E-state index contributed by atoms with van der Waals surface area (Å²) < 4.78 is 64.4. The molecule has 5 fully saturated rings. The van der Waals surface area contributed by atoms with E-state index in [4.69, 9.17) is 44.1 Å². The van der Waals surface area contributed by atoms with Crippen LogP contribution in [0.1, 0.15) is 102 Å². The van der Waals surface area contributed by atoms with Gasteiger partial charge in [0.25, 0.3) is 16.0 Å². The summed E-state index contributed by atoms with van der Waals surface area (Å²) in [6.07, 6.45) is -1.75. The molecule has 6 aromatic rings. The summed E-state index contributed by atoms with van der Waals surface area (Å²) in [6, 6.07) is 20.6. The SMILES string of the molecule is Cc1c(-c2ccc(N3CCc4cccc(C(=O)Nc5nc6ccccc6s5)c4C3)nc2C(=O)O)cnn1CC12CC3(C)CC(C)(C1)CC(OCCN(C)C(=O)OCc1ccc(O[C@@H]4O[C@H](C(=O)O)[C@@H](O)[C@H](O)[C@H]4O)cc1OCCCNC[C@@H](N)CS(=O)(=O)O)(C3)C2. The van der Waals surface area contributed by atoms with Crippen LogP contribution in [0.4, 0.5) is 15.7 Å². The number of amides is 2. The van der Waals surface area contributed by atoms with Crippen molar-refractivity contribution in [1.82, 2.24) is 30.0 Å².